The Morgan fingerprint density at radius 1 is 0.966 bits per heavy atom. The van der Waals surface area contributed by atoms with E-state index in [-0.39, 0.29) is 24.1 Å². The largest absolute Gasteiger partial charge is 0.459 e. The van der Waals surface area contributed by atoms with Crippen molar-refractivity contribution in [2.75, 3.05) is 31.2 Å². The molecule has 1 aromatic heterocycles. The number of hydrogen-bond donors (Lipinski definition) is 1. The summed E-state index contributed by atoms with van der Waals surface area (Å²) in [6.45, 7) is 3.61. The van der Waals surface area contributed by atoms with Crippen molar-refractivity contribution in [2.45, 2.75) is 13.3 Å². The Hall–Kier alpha value is -3.55. The molecule has 0 aliphatic carbocycles. The molecule has 1 N–H and O–H groups in total. The minimum absolute atomic E-state index is 0.121. The van der Waals surface area contributed by atoms with Crippen molar-refractivity contribution in [3.63, 3.8) is 0 Å². The van der Waals surface area contributed by atoms with E-state index in [9.17, 15) is 14.4 Å². The van der Waals surface area contributed by atoms with Crippen molar-refractivity contribution in [3.05, 3.63) is 65.8 Å². The summed E-state index contributed by atoms with van der Waals surface area (Å²) in [6, 6.07) is 10.8. The van der Waals surface area contributed by atoms with Gasteiger partial charge in [-0.05, 0) is 36.8 Å². The summed E-state index contributed by atoms with van der Waals surface area (Å²) < 4.78 is 5.16. The van der Waals surface area contributed by atoms with E-state index in [1.807, 2.05) is 31.2 Å². The molecule has 0 radical (unpaired) electrons. The minimum atomic E-state index is -0.179. The maximum Gasteiger partial charge on any atom is 0.289 e. The van der Waals surface area contributed by atoms with Crippen molar-refractivity contribution in [3.8, 4) is 0 Å². The number of hydrogen-bond acceptors (Lipinski definition) is 5. The Bertz CT molecular complexity index is 959. The molecular formula is C21H22N4O4. The lowest BCUT2D eigenvalue weighted by Crippen LogP contribution is -2.54. The highest BCUT2D eigenvalue weighted by atomic mass is 16.3. The molecule has 3 heterocycles. The van der Waals surface area contributed by atoms with Gasteiger partial charge in [-0.1, -0.05) is 18.2 Å². The third-order valence-electron chi connectivity index (χ3n) is 5.14. The van der Waals surface area contributed by atoms with Gasteiger partial charge in [0.05, 0.1) is 12.0 Å². The predicted octanol–water partition coefficient (Wildman–Crippen LogP) is 1.70. The monoisotopic (exact) mass is 394 g/mol. The predicted molar refractivity (Wildman–Crippen MR) is 106 cm³/mol. The second-order valence-corrected chi connectivity index (χ2v) is 7.01. The van der Waals surface area contributed by atoms with E-state index in [4.69, 9.17) is 4.42 Å². The second kappa shape index (κ2) is 7.83. The molecule has 1 fully saturated rings. The van der Waals surface area contributed by atoms with Crippen LogP contribution in [0.4, 0.5) is 5.69 Å². The lowest BCUT2D eigenvalue weighted by molar-refractivity contribution is -0.129. The Morgan fingerprint density at radius 2 is 1.66 bits per heavy atom. The van der Waals surface area contributed by atoms with Crippen LogP contribution in [0.1, 0.15) is 22.5 Å². The van der Waals surface area contributed by atoms with Gasteiger partial charge in [0.15, 0.2) is 5.76 Å². The summed E-state index contributed by atoms with van der Waals surface area (Å²) in [5.74, 6) is -0.173. The minimum Gasteiger partial charge on any atom is -0.459 e. The number of hydrazine groups is 1. The van der Waals surface area contributed by atoms with Crippen molar-refractivity contribution >= 4 is 23.4 Å². The molecule has 0 saturated carbocycles. The molecule has 1 saturated heterocycles. The highest BCUT2D eigenvalue weighted by Gasteiger charge is 2.31. The van der Waals surface area contributed by atoms with Crippen LogP contribution >= 0.6 is 0 Å². The van der Waals surface area contributed by atoms with Crippen LogP contribution < -0.4 is 10.4 Å². The van der Waals surface area contributed by atoms with Gasteiger partial charge in [-0.2, -0.15) is 0 Å². The van der Waals surface area contributed by atoms with Crippen LogP contribution in [-0.4, -0.2) is 53.7 Å². The Balaban J connectivity index is 1.40. The van der Waals surface area contributed by atoms with Crippen molar-refractivity contribution in [1.29, 1.82) is 0 Å². The second-order valence-electron chi connectivity index (χ2n) is 7.01. The van der Waals surface area contributed by atoms with Crippen molar-refractivity contribution < 1.29 is 18.8 Å². The highest BCUT2D eigenvalue weighted by molar-refractivity contribution is 6.01. The first-order valence-corrected chi connectivity index (χ1v) is 9.52. The van der Waals surface area contributed by atoms with E-state index in [0.717, 1.165) is 11.3 Å². The summed E-state index contributed by atoms with van der Waals surface area (Å²) in [7, 11) is 0. The quantitative estimate of drug-likeness (QED) is 0.856. The molecule has 0 bridgehead atoms. The molecule has 0 unspecified atom stereocenters. The summed E-state index contributed by atoms with van der Waals surface area (Å²) in [4.78, 5) is 41.1. The van der Waals surface area contributed by atoms with Gasteiger partial charge in [0.2, 0.25) is 5.91 Å². The third kappa shape index (κ3) is 3.73. The molecule has 2 aromatic rings. The van der Waals surface area contributed by atoms with Gasteiger partial charge >= 0.3 is 0 Å². The average Bonchev–Trinajstić information content (AvgIpc) is 3.29. The van der Waals surface area contributed by atoms with Gasteiger partial charge in [-0.3, -0.25) is 19.8 Å². The number of aryl methyl sites for hydroxylation is 1. The van der Waals surface area contributed by atoms with Gasteiger partial charge in [0, 0.05) is 32.6 Å². The summed E-state index contributed by atoms with van der Waals surface area (Å²) in [6.07, 6.45) is 3.24. The van der Waals surface area contributed by atoms with Crippen LogP contribution in [0.15, 0.2) is 58.9 Å². The molecular weight excluding hydrogens is 372 g/mol. The molecule has 2 aliphatic heterocycles. The lowest BCUT2D eigenvalue weighted by atomic mass is 10.1. The summed E-state index contributed by atoms with van der Waals surface area (Å²) in [5, 5.41) is 1.43. The van der Waals surface area contributed by atoms with Gasteiger partial charge in [0.25, 0.3) is 11.8 Å². The maximum absolute atomic E-state index is 13.0. The van der Waals surface area contributed by atoms with Crippen LogP contribution in [0.2, 0.25) is 0 Å². The number of nitrogens with one attached hydrogen (secondary N) is 1. The number of nitrogens with zero attached hydrogens (tertiary/aromatic N) is 3. The molecule has 150 valence electrons. The number of para-hydroxylation sites is 1. The molecule has 2 aliphatic rings. The van der Waals surface area contributed by atoms with E-state index >= 15 is 0 Å². The first-order valence-electron chi connectivity index (χ1n) is 9.52. The molecule has 1 aromatic carbocycles. The molecule has 8 heteroatoms. The number of rotatable bonds is 3. The van der Waals surface area contributed by atoms with Crippen LogP contribution in [0, 0.1) is 6.92 Å². The van der Waals surface area contributed by atoms with E-state index in [1.165, 1.54) is 11.3 Å². The molecule has 29 heavy (non-hydrogen) atoms. The Labute approximate surface area is 168 Å². The van der Waals surface area contributed by atoms with Crippen LogP contribution in [0.5, 0.6) is 0 Å². The number of anilines is 1. The first kappa shape index (κ1) is 18.8. The fraction of sp³-hybridized carbons (Fsp3) is 0.286. The van der Waals surface area contributed by atoms with Crippen molar-refractivity contribution in [1.82, 2.24) is 15.2 Å². The Kier molecular flexibility index (Phi) is 5.07. The molecule has 8 nitrogen and oxygen atoms in total. The molecule has 0 atom stereocenters. The third-order valence-corrected chi connectivity index (χ3v) is 5.14. The fourth-order valence-corrected chi connectivity index (χ4v) is 3.49. The number of furan rings is 1. The van der Waals surface area contributed by atoms with E-state index in [2.05, 4.69) is 5.43 Å². The Morgan fingerprint density at radius 3 is 2.31 bits per heavy atom. The summed E-state index contributed by atoms with van der Waals surface area (Å²) >= 11 is 0. The van der Waals surface area contributed by atoms with Gasteiger partial charge in [-0.15, -0.1) is 0 Å². The number of carbonyl (C=O) groups is 3. The van der Waals surface area contributed by atoms with Crippen molar-refractivity contribution in [2.24, 2.45) is 0 Å². The number of amides is 3. The number of piperazine rings is 1. The fourth-order valence-electron chi connectivity index (χ4n) is 3.49. The normalized spacial score (nSPS) is 17.1. The first-order chi connectivity index (χ1) is 14.0. The van der Waals surface area contributed by atoms with Gasteiger partial charge in [0.1, 0.15) is 5.70 Å². The maximum atomic E-state index is 13.0. The van der Waals surface area contributed by atoms with E-state index < -0.39 is 0 Å². The van der Waals surface area contributed by atoms with E-state index in [1.54, 1.807) is 28.0 Å². The summed E-state index contributed by atoms with van der Waals surface area (Å²) in [5.41, 5.74) is 5.01. The zero-order valence-corrected chi connectivity index (χ0v) is 16.1. The van der Waals surface area contributed by atoms with Gasteiger partial charge in [-0.25, -0.2) is 5.01 Å². The average molecular weight is 394 g/mol. The van der Waals surface area contributed by atoms with Crippen LogP contribution in [0.3, 0.4) is 0 Å². The smallest absolute Gasteiger partial charge is 0.289 e. The standard InChI is InChI=1S/C21H22N4O4/c1-15-5-2-3-6-17(15)25-19(26)9-8-16(22-25)20(27)23-10-12-24(13-11-23)21(28)18-7-4-14-29-18/h2-8,14,22H,9-13H2,1H3. The highest BCUT2D eigenvalue weighted by Crippen LogP contribution is 2.22. The van der Waals surface area contributed by atoms with Gasteiger partial charge < -0.3 is 14.2 Å². The van der Waals surface area contributed by atoms with E-state index in [0.29, 0.717) is 37.6 Å². The van der Waals surface area contributed by atoms with Crippen LogP contribution in [-0.2, 0) is 9.59 Å². The number of carbonyl (C=O) groups excluding carboxylic acids is 3. The molecule has 0 spiro atoms. The lowest BCUT2D eigenvalue weighted by Gasteiger charge is -2.36. The zero-order valence-electron chi connectivity index (χ0n) is 16.1. The molecule has 3 amide bonds. The SMILES string of the molecule is Cc1ccccc1N1NC(C(=O)N2CCN(C(=O)c3ccco3)CC2)=CCC1=O. The number of benzene rings is 1. The zero-order chi connectivity index (χ0) is 20.4. The molecule has 4 rings (SSSR count). The van der Waals surface area contributed by atoms with Crippen LogP contribution in [0.25, 0.3) is 0 Å². The topological polar surface area (TPSA) is 86.1 Å².